The van der Waals surface area contributed by atoms with E-state index in [-0.39, 0.29) is 23.4 Å². The standard InChI is InChI=1S/C32H46BrN3O3SSi/c1-22(2)41(23(3)4,24(5)6)36-18-17-28-30(29(33)19-34-32(28)36)31(37)27-15-13-26(14-16-27)21-40(38,39)35(7)20-25-11-9-8-10-12-25/h8-12,17-19,22-24,26-27H,13-16,20-21H2,1-7H3/t26-,27-. The number of nitrogens with zero attached hydrogens (tertiary/aromatic N) is 3. The van der Waals surface area contributed by atoms with Gasteiger partial charge in [-0.1, -0.05) is 71.9 Å². The van der Waals surface area contributed by atoms with Crippen molar-refractivity contribution in [3.8, 4) is 0 Å². The number of Topliss-reactive ketones (excluding diaryl/α,β-unsaturated/α-hetero) is 1. The van der Waals surface area contributed by atoms with Gasteiger partial charge in [0.15, 0.2) is 14.0 Å². The number of halogens is 1. The molecule has 0 amide bonds. The third-order valence-electron chi connectivity index (χ3n) is 9.49. The zero-order chi connectivity index (χ0) is 30.1. The molecule has 1 fully saturated rings. The van der Waals surface area contributed by atoms with Gasteiger partial charge in [-0.2, -0.15) is 0 Å². The van der Waals surface area contributed by atoms with Crippen LogP contribution in [0, 0.1) is 11.8 Å². The van der Waals surface area contributed by atoms with E-state index in [1.807, 2.05) is 30.3 Å². The highest BCUT2D eigenvalue weighted by molar-refractivity contribution is 9.10. The summed E-state index contributed by atoms with van der Waals surface area (Å²) in [5, 5.41) is 0.926. The molecular weight excluding hydrogens is 614 g/mol. The van der Waals surface area contributed by atoms with Crippen LogP contribution in [0.3, 0.4) is 0 Å². The molecule has 1 aliphatic carbocycles. The lowest BCUT2D eigenvalue weighted by atomic mass is 9.79. The van der Waals surface area contributed by atoms with E-state index in [4.69, 9.17) is 4.98 Å². The highest BCUT2D eigenvalue weighted by Crippen LogP contribution is 2.45. The van der Waals surface area contributed by atoms with E-state index in [0.29, 0.717) is 36.0 Å². The molecule has 0 radical (unpaired) electrons. The zero-order valence-corrected chi connectivity index (χ0v) is 29.0. The number of aromatic nitrogens is 2. The Kier molecular flexibility index (Phi) is 10.0. The van der Waals surface area contributed by atoms with Crippen molar-refractivity contribution in [3.05, 3.63) is 64.4 Å². The van der Waals surface area contributed by atoms with Crippen molar-refractivity contribution in [1.82, 2.24) is 13.5 Å². The summed E-state index contributed by atoms with van der Waals surface area (Å²) in [5.74, 6) is 0.244. The Labute approximate surface area is 256 Å². The third-order valence-corrected chi connectivity index (χ3v) is 18.8. The van der Waals surface area contributed by atoms with E-state index in [2.05, 4.69) is 74.0 Å². The highest BCUT2D eigenvalue weighted by atomic mass is 79.9. The fourth-order valence-corrected chi connectivity index (χ4v) is 16.2. The minimum atomic E-state index is -3.38. The Balaban J connectivity index is 1.51. The van der Waals surface area contributed by atoms with Crippen LogP contribution in [-0.2, 0) is 16.6 Å². The number of carbonyl (C=O) groups is 1. The van der Waals surface area contributed by atoms with Crippen molar-refractivity contribution in [3.63, 3.8) is 0 Å². The molecule has 0 saturated heterocycles. The molecule has 3 aromatic rings. The maximum Gasteiger partial charge on any atom is 0.214 e. The molecular formula is C32H46BrN3O3SSi. The predicted octanol–water partition coefficient (Wildman–Crippen LogP) is 8.27. The largest absolute Gasteiger partial charge is 0.359 e. The number of benzene rings is 1. The topological polar surface area (TPSA) is 72.3 Å². The second-order valence-corrected chi connectivity index (χ2v) is 21.6. The van der Waals surface area contributed by atoms with E-state index >= 15 is 0 Å². The van der Waals surface area contributed by atoms with Gasteiger partial charge in [0.25, 0.3) is 0 Å². The summed E-state index contributed by atoms with van der Waals surface area (Å²) < 4.78 is 30.9. The molecule has 224 valence electrons. The molecule has 0 aliphatic heterocycles. The molecule has 0 spiro atoms. The monoisotopic (exact) mass is 659 g/mol. The fraction of sp³-hybridized carbons (Fsp3) is 0.562. The summed E-state index contributed by atoms with van der Waals surface area (Å²) in [5.41, 5.74) is 4.17. The molecule has 2 aromatic heterocycles. The number of hydrogen-bond acceptors (Lipinski definition) is 4. The molecule has 1 saturated carbocycles. The maximum atomic E-state index is 14.0. The summed E-state index contributed by atoms with van der Waals surface area (Å²) in [7, 11) is -3.75. The van der Waals surface area contributed by atoms with Crippen LogP contribution in [0.25, 0.3) is 11.0 Å². The van der Waals surface area contributed by atoms with Gasteiger partial charge in [-0.05, 0) is 82.0 Å². The average molecular weight is 661 g/mol. The molecule has 6 nitrogen and oxygen atoms in total. The van der Waals surface area contributed by atoms with Crippen LogP contribution in [0.1, 0.15) is 83.1 Å². The number of hydrogen-bond donors (Lipinski definition) is 0. The number of carbonyl (C=O) groups excluding carboxylic acids is 1. The lowest BCUT2D eigenvalue weighted by Crippen LogP contribution is -2.51. The summed E-state index contributed by atoms with van der Waals surface area (Å²) in [6.45, 7) is 14.4. The van der Waals surface area contributed by atoms with Gasteiger partial charge in [0.2, 0.25) is 10.0 Å². The van der Waals surface area contributed by atoms with Crippen molar-refractivity contribution < 1.29 is 13.2 Å². The minimum absolute atomic E-state index is 0.0685. The van der Waals surface area contributed by atoms with E-state index in [0.717, 1.165) is 39.5 Å². The summed E-state index contributed by atoms with van der Waals surface area (Å²) in [4.78, 5) is 18.9. The maximum absolute atomic E-state index is 14.0. The molecule has 1 aliphatic rings. The second kappa shape index (κ2) is 12.8. The first kappa shape index (κ1) is 32.1. The fourth-order valence-electron chi connectivity index (χ4n) is 7.62. The number of fused-ring (bicyclic) bond motifs is 1. The van der Waals surface area contributed by atoms with Crippen molar-refractivity contribution in [2.45, 2.75) is 90.4 Å². The van der Waals surface area contributed by atoms with Crippen LogP contribution in [0.4, 0.5) is 0 Å². The normalized spacial score (nSPS) is 18.7. The zero-order valence-electron chi connectivity index (χ0n) is 25.6. The SMILES string of the molecule is CC(C)[Si](C(C)C)(C(C)C)n1ccc2c(C(=O)[C@H]3CC[C@H](CS(=O)(=O)N(C)Cc4ccccc4)CC3)c(Br)cnc21. The number of rotatable bonds is 11. The van der Waals surface area contributed by atoms with Gasteiger partial charge in [0, 0.05) is 41.1 Å². The molecule has 0 N–H and O–H groups in total. The molecule has 2 heterocycles. The third kappa shape index (κ3) is 6.29. The van der Waals surface area contributed by atoms with Crippen LogP contribution < -0.4 is 0 Å². The van der Waals surface area contributed by atoms with Gasteiger partial charge in [-0.25, -0.2) is 17.7 Å². The molecule has 41 heavy (non-hydrogen) atoms. The van der Waals surface area contributed by atoms with Crippen LogP contribution in [-0.4, -0.2) is 48.8 Å². The van der Waals surface area contributed by atoms with Crippen molar-refractivity contribution in [2.24, 2.45) is 11.8 Å². The smallest absolute Gasteiger partial charge is 0.214 e. The van der Waals surface area contributed by atoms with Gasteiger partial charge in [-0.15, -0.1) is 0 Å². The number of ketones is 1. The van der Waals surface area contributed by atoms with Crippen LogP contribution in [0.2, 0.25) is 16.6 Å². The number of pyridine rings is 1. The Morgan fingerprint density at radius 2 is 1.59 bits per heavy atom. The predicted molar refractivity (Wildman–Crippen MR) is 175 cm³/mol. The molecule has 4 rings (SSSR count). The molecule has 0 atom stereocenters. The lowest BCUT2D eigenvalue weighted by molar-refractivity contribution is 0.0877. The Hall–Kier alpha value is -1.81. The first-order chi connectivity index (χ1) is 19.3. The molecule has 1 aromatic carbocycles. The minimum Gasteiger partial charge on any atom is -0.359 e. The van der Waals surface area contributed by atoms with E-state index in [1.54, 1.807) is 13.2 Å². The average Bonchev–Trinajstić information content (AvgIpc) is 3.32. The van der Waals surface area contributed by atoms with Crippen LogP contribution in [0.15, 0.2) is 53.3 Å². The van der Waals surface area contributed by atoms with Gasteiger partial charge >= 0.3 is 0 Å². The summed E-state index contributed by atoms with van der Waals surface area (Å²) >= 11 is 3.66. The summed E-state index contributed by atoms with van der Waals surface area (Å²) in [6.07, 6.45) is 6.88. The first-order valence-corrected chi connectivity index (χ1v) is 19.6. The van der Waals surface area contributed by atoms with E-state index in [1.165, 1.54) is 4.31 Å². The van der Waals surface area contributed by atoms with E-state index < -0.39 is 18.3 Å². The van der Waals surface area contributed by atoms with Gasteiger partial charge in [-0.3, -0.25) is 4.79 Å². The summed E-state index contributed by atoms with van der Waals surface area (Å²) in [6, 6.07) is 11.8. The number of sulfonamides is 1. The second-order valence-electron chi connectivity index (χ2n) is 12.9. The van der Waals surface area contributed by atoms with Crippen molar-refractivity contribution >= 4 is 51.0 Å². The first-order valence-electron chi connectivity index (χ1n) is 15.0. The Bertz CT molecular complexity index is 1440. The van der Waals surface area contributed by atoms with Gasteiger partial charge in [0.1, 0.15) is 5.65 Å². The lowest BCUT2D eigenvalue weighted by Gasteiger charge is -2.44. The quantitative estimate of drug-likeness (QED) is 0.153. The van der Waals surface area contributed by atoms with Gasteiger partial charge < -0.3 is 4.23 Å². The van der Waals surface area contributed by atoms with Crippen molar-refractivity contribution in [2.75, 3.05) is 12.8 Å². The Morgan fingerprint density at radius 1 is 1.00 bits per heavy atom. The van der Waals surface area contributed by atoms with Crippen molar-refractivity contribution in [1.29, 1.82) is 0 Å². The van der Waals surface area contributed by atoms with Gasteiger partial charge in [0.05, 0.1) is 5.75 Å². The highest BCUT2D eigenvalue weighted by Gasteiger charge is 2.46. The molecule has 0 unspecified atom stereocenters. The molecule has 9 heteroatoms. The molecule has 0 bridgehead atoms. The van der Waals surface area contributed by atoms with E-state index in [9.17, 15) is 13.2 Å². The van der Waals surface area contributed by atoms with Crippen LogP contribution in [0.5, 0.6) is 0 Å². The van der Waals surface area contributed by atoms with Crippen LogP contribution >= 0.6 is 15.9 Å². The Morgan fingerprint density at radius 3 is 2.15 bits per heavy atom.